The molecule has 0 aliphatic carbocycles. The van der Waals surface area contributed by atoms with Crippen molar-refractivity contribution < 1.29 is 4.11 Å². The fraction of sp³-hybridized carbons (Fsp3) is 0.333. The average Bonchev–Trinajstić information content (AvgIpc) is 1.87. The van der Waals surface area contributed by atoms with Crippen LogP contribution in [0.4, 0.5) is 4.11 Å². The van der Waals surface area contributed by atoms with Crippen LogP contribution < -0.4 is 0 Å². The molecule has 0 nitrogen and oxygen atoms in total. The highest BCUT2D eigenvalue weighted by atomic mass is 28.4. The molecule has 0 aliphatic heterocycles. The maximum Gasteiger partial charge on any atom is 0.292 e. The molecular weight excluding hydrogens is 119 g/mol. The van der Waals surface area contributed by atoms with Crippen LogP contribution in [0.15, 0.2) is 24.6 Å². The first-order valence-electron chi connectivity index (χ1n) is 2.64. The predicted molar refractivity (Wildman–Crippen MR) is 37.7 cm³/mol. The third-order valence-corrected chi connectivity index (χ3v) is 3.66. The van der Waals surface area contributed by atoms with E-state index in [1.54, 1.807) is 0 Å². The van der Waals surface area contributed by atoms with Gasteiger partial charge in [-0.15, -0.1) is 13.2 Å². The lowest BCUT2D eigenvalue weighted by molar-refractivity contribution is 0.812. The molecule has 0 aromatic carbocycles. The third-order valence-electron chi connectivity index (χ3n) is 1.22. The first-order chi connectivity index (χ1) is 3.68. The van der Waals surface area contributed by atoms with E-state index < -0.39 is 8.41 Å². The summed E-state index contributed by atoms with van der Waals surface area (Å²) < 4.78 is 12.9. The lowest BCUT2D eigenvalue weighted by Gasteiger charge is -2.07. The van der Waals surface area contributed by atoms with E-state index in [0.29, 0.717) is 6.04 Å². The van der Waals surface area contributed by atoms with E-state index in [4.69, 9.17) is 0 Å². The van der Waals surface area contributed by atoms with Crippen molar-refractivity contribution in [3.63, 3.8) is 0 Å². The van der Waals surface area contributed by atoms with E-state index in [-0.39, 0.29) is 0 Å². The maximum atomic E-state index is 12.9. The van der Waals surface area contributed by atoms with Gasteiger partial charge in [0.1, 0.15) is 0 Å². The van der Waals surface area contributed by atoms with Gasteiger partial charge in [0.25, 0.3) is 8.41 Å². The molecule has 46 valence electrons. The van der Waals surface area contributed by atoms with Crippen LogP contribution in [0.25, 0.3) is 0 Å². The monoisotopic (exact) mass is 130 g/mol. The highest BCUT2D eigenvalue weighted by Crippen LogP contribution is 2.11. The van der Waals surface area contributed by atoms with E-state index in [9.17, 15) is 4.11 Å². The van der Waals surface area contributed by atoms with Gasteiger partial charge in [0, 0.05) is 0 Å². The number of halogens is 1. The van der Waals surface area contributed by atoms with Gasteiger partial charge in [0.2, 0.25) is 0 Å². The molecule has 0 saturated heterocycles. The number of hydrogen-bond acceptors (Lipinski definition) is 0. The zero-order valence-electron chi connectivity index (χ0n) is 5.15. The Balaban J connectivity index is 3.96. The molecule has 0 rings (SSSR count). The molecular formula is C6H11FSi. The quantitative estimate of drug-likeness (QED) is 0.406. The second kappa shape index (κ2) is 2.82. The minimum Gasteiger partial charge on any atom is -0.303 e. The molecule has 0 fully saturated rings. The van der Waals surface area contributed by atoms with Crippen LogP contribution in [-0.2, 0) is 0 Å². The van der Waals surface area contributed by atoms with Crippen molar-refractivity contribution in [1.82, 2.24) is 0 Å². The summed E-state index contributed by atoms with van der Waals surface area (Å²) >= 11 is 0. The fourth-order valence-corrected chi connectivity index (χ4v) is 1.12. The minimum atomic E-state index is -2.64. The second-order valence-electron chi connectivity index (χ2n) is 1.69. The average molecular weight is 130 g/mol. The van der Waals surface area contributed by atoms with Crippen molar-refractivity contribution in [3.05, 3.63) is 24.6 Å². The standard InChI is InChI=1S/C6H11FSi/c1-4-8(7,5-2)6-3/h4-5H,1-2,6H2,3H3. The molecule has 0 heterocycles. The van der Waals surface area contributed by atoms with Crippen molar-refractivity contribution in [1.29, 1.82) is 0 Å². The molecule has 0 radical (unpaired) electrons. The van der Waals surface area contributed by atoms with E-state index >= 15 is 0 Å². The van der Waals surface area contributed by atoms with Crippen molar-refractivity contribution in [2.75, 3.05) is 0 Å². The molecule has 0 aromatic rings. The Kier molecular flexibility index (Phi) is 2.69. The summed E-state index contributed by atoms with van der Waals surface area (Å²) in [6, 6.07) is 0.556. The van der Waals surface area contributed by atoms with E-state index in [1.165, 1.54) is 11.4 Å². The molecule has 0 saturated carbocycles. The molecule has 0 bridgehead atoms. The smallest absolute Gasteiger partial charge is 0.292 e. The van der Waals surface area contributed by atoms with Crippen LogP contribution in [0.1, 0.15) is 6.92 Å². The van der Waals surface area contributed by atoms with Crippen molar-refractivity contribution in [2.45, 2.75) is 13.0 Å². The Labute approximate surface area is 50.9 Å². The Morgan fingerprint density at radius 1 is 1.50 bits per heavy atom. The van der Waals surface area contributed by atoms with Gasteiger partial charge in [-0.2, -0.15) is 0 Å². The van der Waals surface area contributed by atoms with Gasteiger partial charge < -0.3 is 4.11 Å². The molecule has 0 atom stereocenters. The summed E-state index contributed by atoms with van der Waals surface area (Å²) in [5.41, 5.74) is 2.81. The Morgan fingerprint density at radius 3 is 1.88 bits per heavy atom. The summed E-state index contributed by atoms with van der Waals surface area (Å²) in [6.45, 7) is 8.59. The lowest BCUT2D eigenvalue weighted by Crippen LogP contribution is -2.20. The minimum absolute atomic E-state index is 0.556. The van der Waals surface area contributed by atoms with Crippen LogP contribution in [0.5, 0.6) is 0 Å². The van der Waals surface area contributed by atoms with Crippen molar-refractivity contribution in [3.8, 4) is 0 Å². The molecule has 0 spiro atoms. The Morgan fingerprint density at radius 2 is 1.88 bits per heavy atom. The predicted octanol–water partition coefficient (Wildman–Crippen LogP) is 2.37. The van der Waals surface area contributed by atoms with Gasteiger partial charge >= 0.3 is 0 Å². The van der Waals surface area contributed by atoms with Crippen LogP contribution in [0.3, 0.4) is 0 Å². The first-order valence-corrected chi connectivity index (χ1v) is 4.88. The summed E-state index contributed by atoms with van der Waals surface area (Å²) in [5.74, 6) is 0. The summed E-state index contributed by atoms with van der Waals surface area (Å²) in [6.07, 6.45) is 0. The molecule has 0 unspecified atom stereocenters. The van der Waals surface area contributed by atoms with Crippen LogP contribution >= 0.6 is 0 Å². The molecule has 2 heteroatoms. The summed E-state index contributed by atoms with van der Waals surface area (Å²) in [5, 5.41) is 0. The van der Waals surface area contributed by atoms with Gasteiger partial charge in [0.05, 0.1) is 0 Å². The van der Waals surface area contributed by atoms with Gasteiger partial charge in [-0.1, -0.05) is 18.3 Å². The van der Waals surface area contributed by atoms with Crippen LogP contribution in [0, 0.1) is 0 Å². The van der Waals surface area contributed by atoms with Gasteiger partial charge in [-0.25, -0.2) is 0 Å². The van der Waals surface area contributed by atoms with E-state index in [2.05, 4.69) is 13.2 Å². The first kappa shape index (κ1) is 7.63. The normalized spacial score (nSPS) is 10.8. The number of rotatable bonds is 3. The fourth-order valence-electron chi connectivity index (χ4n) is 0.372. The largest absolute Gasteiger partial charge is 0.303 e. The molecule has 0 aromatic heterocycles. The highest BCUT2D eigenvalue weighted by Gasteiger charge is 2.22. The zero-order valence-corrected chi connectivity index (χ0v) is 6.15. The molecule has 0 amide bonds. The Hall–Kier alpha value is -0.373. The second-order valence-corrected chi connectivity index (χ2v) is 5.07. The van der Waals surface area contributed by atoms with Crippen LogP contribution in [0.2, 0.25) is 6.04 Å². The van der Waals surface area contributed by atoms with Gasteiger partial charge in [0.15, 0.2) is 0 Å². The third kappa shape index (κ3) is 1.62. The SMILES string of the molecule is C=C[Si](F)(C=C)CC. The zero-order chi connectivity index (χ0) is 6.62. The lowest BCUT2D eigenvalue weighted by atomic mass is 11.0. The molecule has 8 heavy (non-hydrogen) atoms. The maximum absolute atomic E-state index is 12.9. The molecule has 0 aliphatic rings. The van der Waals surface area contributed by atoms with Crippen molar-refractivity contribution in [2.24, 2.45) is 0 Å². The van der Waals surface area contributed by atoms with Gasteiger partial charge in [-0.05, 0) is 6.04 Å². The number of hydrogen-bond donors (Lipinski definition) is 0. The van der Waals surface area contributed by atoms with E-state index in [0.717, 1.165) is 0 Å². The topological polar surface area (TPSA) is 0 Å². The summed E-state index contributed by atoms with van der Waals surface area (Å²) in [4.78, 5) is 0. The van der Waals surface area contributed by atoms with Crippen molar-refractivity contribution >= 4 is 8.41 Å². The molecule has 0 N–H and O–H groups in total. The van der Waals surface area contributed by atoms with E-state index in [1.807, 2.05) is 6.92 Å². The van der Waals surface area contributed by atoms with Crippen LogP contribution in [-0.4, -0.2) is 8.41 Å². The highest BCUT2D eigenvalue weighted by molar-refractivity contribution is 6.82. The summed E-state index contributed by atoms with van der Waals surface area (Å²) in [7, 11) is -2.64. The Bertz CT molecular complexity index is 90.7. The van der Waals surface area contributed by atoms with Gasteiger partial charge in [-0.3, -0.25) is 0 Å².